The highest BCUT2D eigenvalue weighted by molar-refractivity contribution is 5.86. The van der Waals surface area contributed by atoms with E-state index in [1.165, 1.54) is 0 Å². The molecular formula is C13H11N5O2. The van der Waals surface area contributed by atoms with E-state index in [0.29, 0.717) is 5.69 Å². The zero-order chi connectivity index (χ0) is 13.9. The minimum absolute atomic E-state index is 0.0456. The smallest absolute Gasteiger partial charge is 0.355 e. The van der Waals surface area contributed by atoms with Gasteiger partial charge in [0.15, 0.2) is 0 Å². The maximum atomic E-state index is 11.0. The van der Waals surface area contributed by atoms with Gasteiger partial charge in [-0.3, -0.25) is 9.99 Å². The summed E-state index contributed by atoms with van der Waals surface area (Å²) in [5.74, 6) is -0.117. The quantitative estimate of drug-likeness (QED) is 0.632. The second kappa shape index (κ2) is 5.06. The lowest BCUT2D eigenvalue weighted by atomic mass is 10.2. The third-order valence-electron chi connectivity index (χ3n) is 2.90. The molecule has 3 rings (SSSR count). The molecular weight excluding hydrogens is 258 g/mol. The number of benzene rings is 1. The summed E-state index contributed by atoms with van der Waals surface area (Å²) in [6.45, 7) is 0.0456. The molecule has 0 amide bonds. The van der Waals surface area contributed by atoms with Crippen molar-refractivity contribution in [1.29, 1.82) is 0 Å². The van der Waals surface area contributed by atoms with Crippen LogP contribution in [-0.4, -0.2) is 22.3 Å². The van der Waals surface area contributed by atoms with Gasteiger partial charge >= 0.3 is 5.84 Å². The third-order valence-corrected chi connectivity index (χ3v) is 2.90. The van der Waals surface area contributed by atoms with Gasteiger partial charge in [0, 0.05) is 12.4 Å². The van der Waals surface area contributed by atoms with E-state index in [1.807, 2.05) is 24.3 Å². The number of hydrogen-bond donors (Lipinski definition) is 1. The van der Waals surface area contributed by atoms with Crippen LogP contribution in [-0.2, 0) is 0 Å². The molecule has 0 bridgehead atoms. The van der Waals surface area contributed by atoms with Crippen molar-refractivity contribution in [3.05, 3.63) is 58.9 Å². The standard InChI is InChI=1S/C13H11N5O2/c19-18(20)13-9-15-17(10-5-7-14-8-6-10)12-4-2-1-3-11(12)16-13/h1-8,15H,9H2. The highest BCUT2D eigenvalue weighted by atomic mass is 16.6. The highest BCUT2D eigenvalue weighted by Crippen LogP contribution is 2.33. The number of anilines is 2. The Morgan fingerprint density at radius 2 is 1.95 bits per heavy atom. The maximum absolute atomic E-state index is 11.0. The van der Waals surface area contributed by atoms with Gasteiger partial charge in [0.25, 0.3) is 0 Å². The van der Waals surface area contributed by atoms with Crippen LogP contribution in [0.3, 0.4) is 0 Å². The molecule has 2 heterocycles. The Morgan fingerprint density at radius 1 is 1.20 bits per heavy atom. The van der Waals surface area contributed by atoms with Crippen molar-refractivity contribution in [3.8, 4) is 0 Å². The van der Waals surface area contributed by atoms with E-state index in [0.717, 1.165) is 11.4 Å². The molecule has 1 N–H and O–H groups in total. The predicted octanol–water partition coefficient (Wildman–Crippen LogP) is 2.04. The van der Waals surface area contributed by atoms with Crippen molar-refractivity contribution in [2.45, 2.75) is 0 Å². The number of amidine groups is 1. The van der Waals surface area contributed by atoms with E-state index in [4.69, 9.17) is 0 Å². The fourth-order valence-electron chi connectivity index (χ4n) is 1.99. The second-order valence-corrected chi connectivity index (χ2v) is 4.15. The minimum Gasteiger partial charge on any atom is -0.358 e. The van der Waals surface area contributed by atoms with Crippen molar-refractivity contribution in [2.75, 3.05) is 11.6 Å². The number of para-hydroxylation sites is 2. The maximum Gasteiger partial charge on any atom is 0.355 e. The molecule has 20 heavy (non-hydrogen) atoms. The largest absolute Gasteiger partial charge is 0.358 e. The molecule has 1 aromatic heterocycles. The Morgan fingerprint density at radius 3 is 2.70 bits per heavy atom. The first-order valence-electron chi connectivity index (χ1n) is 6.00. The van der Waals surface area contributed by atoms with Crippen LogP contribution in [0.25, 0.3) is 0 Å². The first kappa shape index (κ1) is 12.2. The van der Waals surface area contributed by atoms with Crippen LogP contribution in [0.4, 0.5) is 17.1 Å². The summed E-state index contributed by atoms with van der Waals surface area (Å²) in [5.41, 5.74) is 5.17. The van der Waals surface area contributed by atoms with Crippen molar-refractivity contribution in [3.63, 3.8) is 0 Å². The molecule has 100 valence electrons. The second-order valence-electron chi connectivity index (χ2n) is 4.15. The van der Waals surface area contributed by atoms with Crippen molar-refractivity contribution in [2.24, 2.45) is 4.99 Å². The molecule has 1 aliphatic heterocycles. The molecule has 0 fully saturated rings. The number of hydrogen-bond acceptors (Lipinski definition) is 6. The molecule has 0 saturated heterocycles. The molecule has 0 radical (unpaired) electrons. The Balaban J connectivity index is 2.09. The average molecular weight is 269 g/mol. The lowest BCUT2D eigenvalue weighted by Gasteiger charge is -2.23. The topological polar surface area (TPSA) is 83.7 Å². The lowest BCUT2D eigenvalue weighted by molar-refractivity contribution is -0.352. The number of hydrazine groups is 1. The van der Waals surface area contributed by atoms with Crippen LogP contribution >= 0.6 is 0 Å². The summed E-state index contributed by atoms with van der Waals surface area (Å²) >= 11 is 0. The van der Waals surface area contributed by atoms with E-state index in [9.17, 15) is 10.1 Å². The molecule has 0 aliphatic carbocycles. The SMILES string of the molecule is O=[N+]([O-])C1=Nc2ccccc2N(c2ccncc2)NC1. The van der Waals surface area contributed by atoms with Crippen LogP contribution in [0, 0.1) is 10.1 Å². The van der Waals surface area contributed by atoms with Crippen molar-refractivity contribution < 1.29 is 4.92 Å². The molecule has 7 heteroatoms. The summed E-state index contributed by atoms with van der Waals surface area (Å²) in [7, 11) is 0. The highest BCUT2D eigenvalue weighted by Gasteiger charge is 2.24. The fraction of sp³-hybridized carbons (Fsp3) is 0.0769. The lowest BCUT2D eigenvalue weighted by Crippen LogP contribution is -2.38. The monoisotopic (exact) mass is 269 g/mol. The van der Waals surface area contributed by atoms with Gasteiger partial charge in [-0.25, -0.2) is 5.43 Å². The van der Waals surface area contributed by atoms with Crippen LogP contribution in [0.5, 0.6) is 0 Å². The summed E-state index contributed by atoms with van der Waals surface area (Å²) < 4.78 is 0. The first-order valence-corrected chi connectivity index (χ1v) is 6.00. The molecule has 0 saturated carbocycles. The number of nitrogens with one attached hydrogen (secondary N) is 1. The van der Waals surface area contributed by atoms with Gasteiger partial charge in [-0.1, -0.05) is 12.1 Å². The normalized spacial score (nSPS) is 14.2. The summed E-state index contributed by atoms with van der Waals surface area (Å²) in [5, 5.41) is 12.7. The average Bonchev–Trinajstić information content (AvgIpc) is 2.68. The van der Waals surface area contributed by atoms with E-state index in [1.54, 1.807) is 29.5 Å². The van der Waals surface area contributed by atoms with Gasteiger partial charge in [-0.05, 0) is 34.2 Å². The predicted molar refractivity (Wildman–Crippen MR) is 74.9 cm³/mol. The van der Waals surface area contributed by atoms with Gasteiger partial charge in [0.1, 0.15) is 12.2 Å². The Hall–Kier alpha value is -2.80. The van der Waals surface area contributed by atoms with E-state index < -0.39 is 4.92 Å². The third kappa shape index (κ3) is 2.21. The molecule has 1 aliphatic rings. The van der Waals surface area contributed by atoms with E-state index in [-0.39, 0.29) is 12.4 Å². The Bertz CT molecular complexity index is 671. The van der Waals surface area contributed by atoms with Gasteiger partial charge in [0.05, 0.1) is 5.69 Å². The number of aromatic nitrogens is 1. The molecule has 0 atom stereocenters. The van der Waals surface area contributed by atoms with E-state index in [2.05, 4.69) is 15.4 Å². The first-order chi connectivity index (χ1) is 9.75. The molecule has 2 aromatic rings. The van der Waals surface area contributed by atoms with Crippen LogP contribution < -0.4 is 10.4 Å². The van der Waals surface area contributed by atoms with Crippen molar-refractivity contribution >= 4 is 22.9 Å². The van der Waals surface area contributed by atoms with Crippen LogP contribution in [0.2, 0.25) is 0 Å². The summed E-state index contributed by atoms with van der Waals surface area (Å²) in [4.78, 5) is 18.6. The molecule has 0 spiro atoms. The zero-order valence-corrected chi connectivity index (χ0v) is 10.4. The number of fused-ring (bicyclic) bond motifs is 1. The Labute approximate surface area is 114 Å². The summed E-state index contributed by atoms with van der Waals surface area (Å²) in [6, 6.07) is 10.9. The zero-order valence-electron chi connectivity index (χ0n) is 10.4. The summed E-state index contributed by atoms with van der Waals surface area (Å²) in [6.07, 6.45) is 3.33. The van der Waals surface area contributed by atoms with Gasteiger partial charge in [-0.15, -0.1) is 0 Å². The number of nitro groups is 1. The minimum atomic E-state index is -0.472. The number of aliphatic imine (C=N–C) groups is 1. The number of rotatable bonds is 1. The van der Waals surface area contributed by atoms with Crippen LogP contribution in [0.1, 0.15) is 0 Å². The van der Waals surface area contributed by atoms with Crippen LogP contribution in [0.15, 0.2) is 53.8 Å². The van der Waals surface area contributed by atoms with Gasteiger partial charge in [-0.2, -0.15) is 0 Å². The number of pyridine rings is 1. The van der Waals surface area contributed by atoms with Gasteiger partial charge < -0.3 is 10.1 Å². The van der Waals surface area contributed by atoms with Gasteiger partial charge in [0.2, 0.25) is 5.69 Å². The van der Waals surface area contributed by atoms with E-state index >= 15 is 0 Å². The number of nitrogens with zero attached hydrogens (tertiary/aromatic N) is 4. The molecule has 0 unspecified atom stereocenters. The fourth-order valence-corrected chi connectivity index (χ4v) is 1.99. The Kier molecular flexibility index (Phi) is 3.10. The molecule has 1 aromatic carbocycles. The molecule has 7 nitrogen and oxygen atoms in total. The van der Waals surface area contributed by atoms with Crippen molar-refractivity contribution in [1.82, 2.24) is 10.4 Å².